The van der Waals surface area contributed by atoms with E-state index in [1.807, 2.05) is 13.8 Å². The molecule has 0 bridgehead atoms. The molecule has 0 atom stereocenters. The number of benzene rings is 1. The number of sulfonamides is 1. The second-order valence-electron chi connectivity index (χ2n) is 7.24. The van der Waals surface area contributed by atoms with Crippen LogP contribution in [0.4, 0.5) is 5.69 Å². The first-order valence-corrected chi connectivity index (χ1v) is 13.2. The van der Waals surface area contributed by atoms with E-state index in [0.29, 0.717) is 30.0 Å². The van der Waals surface area contributed by atoms with Gasteiger partial charge < -0.3 is 9.84 Å². The Morgan fingerprint density at radius 2 is 1.90 bits per heavy atom. The molecule has 7 nitrogen and oxygen atoms in total. The minimum Gasteiger partial charge on any atom is -0.491 e. The molecular weight excluding hydrogens is 426 g/mol. The van der Waals surface area contributed by atoms with Gasteiger partial charge in [0.15, 0.2) is 0 Å². The maximum atomic E-state index is 13.1. The van der Waals surface area contributed by atoms with Crippen molar-refractivity contribution < 1.29 is 26.7 Å². The molecule has 0 saturated carbocycles. The molecular formula is C21H31NO6S2. The molecule has 9 heteroatoms. The largest absolute Gasteiger partial charge is 0.491 e. The number of rotatable bonds is 10. The van der Waals surface area contributed by atoms with Crippen LogP contribution in [0.5, 0.6) is 0 Å². The summed E-state index contributed by atoms with van der Waals surface area (Å²) in [6.07, 6.45) is 3.61. The number of sulfone groups is 1. The number of aliphatic hydroxyl groups excluding tert-OH is 1. The third-order valence-electron chi connectivity index (χ3n) is 5.07. The molecule has 0 saturated heterocycles. The quantitative estimate of drug-likeness (QED) is 0.428. The summed E-state index contributed by atoms with van der Waals surface area (Å²) in [5, 5.41) is 9.05. The van der Waals surface area contributed by atoms with E-state index in [1.54, 1.807) is 19.1 Å². The maximum Gasteiger partial charge on any atom is 0.234 e. The summed E-state index contributed by atoms with van der Waals surface area (Å²) in [6.45, 7) is 7.24. The predicted molar refractivity (Wildman–Crippen MR) is 119 cm³/mol. The van der Waals surface area contributed by atoms with Crippen molar-refractivity contribution in [1.29, 1.82) is 0 Å². The third-order valence-corrected chi connectivity index (χ3v) is 8.69. The van der Waals surface area contributed by atoms with Gasteiger partial charge in [0, 0.05) is 11.4 Å². The average molecular weight is 458 g/mol. The zero-order chi connectivity index (χ0) is 22.5. The van der Waals surface area contributed by atoms with Crippen molar-refractivity contribution in [1.82, 2.24) is 0 Å². The zero-order valence-corrected chi connectivity index (χ0v) is 19.6. The van der Waals surface area contributed by atoms with Crippen LogP contribution in [-0.2, 0) is 31.0 Å². The highest BCUT2D eigenvalue weighted by molar-refractivity contribution is 7.95. The number of nitrogens with zero attached hydrogens (tertiary/aromatic N) is 1. The van der Waals surface area contributed by atoms with Crippen LogP contribution in [0.3, 0.4) is 0 Å². The van der Waals surface area contributed by atoms with Gasteiger partial charge in [0.25, 0.3) is 0 Å². The molecule has 1 aliphatic rings. The van der Waals surface area contributed by atoms with Crippen molar-refractivity contribution in [3.63, 3.8) is 0 Å². The lowest BCUT2D eigenvalue weighted by Gasteiger charge is -2.18. The number of hydrogen-bond acceptors (Lipinski definition) is 6. The highest BCUT2D eigenvalue weighted by Gasteiger charge is 2.29. The molecule has 0 radical (unpaired) electrons. The number of fused-ring (bicyclic) bond motifs is 1. The van der Waals surface area contributed by atoms with Crippen molar-refractivity contribution in [3.05, 3.63) is 46.1 Å². The summed E-state index contributed by atoms with van der Waals surface area (Å²) >= 11 is 0. The lowest BCUT2D eigenvalue weighted by Crippen LogP contribution is -2.30. The molecule has 0 spiro atoms. The van der Waals surface area contributed by atoms with Crippen LogP contribution in [0.15, 0.2) is 45.4 Å². The monoisotopic (exact) mass is 457 g/mol. The standard InChI is InChI=1S/C21H31NO6S2/c1-5-7-16(3)21(28-13-12-23)14-17(4)30(26,27)19-8-9-20-18(15-19)10-11-22(20)29(24,25)6-2/h8-9,14-15,23H,5-7,10-13H2,1-4H3. The average Bonchev–Trinajstić information content (AvgIpc) is 3.15. The summed E-state index contributed by atoms with van der Waals surface area (Å²) in [4.78, 5) is 0.252. The molecule has 168 valence electrons. The van der Waals surface area contributed by atoms with Crippen LogP contribution in [0.1, 0.15) is 46.1 Å². The van der Waals surface area contributed by atoms with Gasteiger partial charge in [0.2, 0.25) is 19.9 Å². The number of ether oxygens (including phenoxy) is 1. The van der Waals surface area contributed by atoms with Gasteiger partial charge in [-0.15, -0.1) is 0 Å². The van der Waals surface area contributed by atoms with Crippen molar-refractivity contribution >= 4 is 25.5 Å². The Kier molecular flexibility index (Phi) is 8.13. The molecule has 2 rings (SSSR count). The molecule has 0 unspecified atom stereocenters. The van der Waals surface area contributed by atoms with Crippen molar-refractivity contribution in [2.24, 2.45) is 0 Å². The van der Waals surface area contributed by atoms with Crippen LogP contribution in [0, 0.1) is 0 Å². The normalized spacial score (nSPS) is 15.8. The van der Waals surface area contributed by atoms with Gasteiger partial charge in [0.1, 0.15) is 12.4 Å². The maximum absolute atomic E-state index is 13.1. The molecule has 1 aromatic rings. The minimum absolute atomic E-state index is 0.00556. The molecule has 30 heavy (non-hydrogen) atoms. The van der Waals surface area contributed by atoms with E-state index in [2.05, 4.69) is 0 Å². The zero-order valence-electron chi connectivity index (χ0n) is 18.0. The van der Waals surface area contributed by atoms with E-state index in [4.69, 9.17) is 9.84 Å². The summed E-state index contributed by atoms with van der Waals surface area (Å²) in [6, 6.07) is 4.58. The molecule has 0 fully saturated rings. The van der Waals surface area contributed by atoms with E-state index in [0.717, 1.165) is 18.4 Å². The molecule has 0 aromatic heterocycles. The van der Waals surface area contributed by atoms with Gasteiger partial charge in [0.05, 0.1) is 22.9 Å². The van der Waals surface area contributed by atoms with Crippen LogP contribution >= 0.6 is 0 Å². The second-order valence-corrected chi connectivity index (χ2v) is 11.5. The van der Waals surface area contributed by atoms with Gasteiger partial charge in [-0.05, 0) is 69.0 Å². The topological polar surface area (TPSA) is 101 Å². The molecule has 1 heterocycles. The molecule has 1 N–H and O–H groups in total. The lowest BCUT2D eigenvalue weighted by atomic mass is 10.1. The third kappa shape index (κ3) is 5.25. The Balaban J connectivity index is 2.41. The van der Waals surface area contributed by atoms with Gasteiger partial charge in [-0.1, -0.05) is 13.3 Å². The van der Waals surface area contributed by atoms with Gasteiger partial charge in [-0.2, -0.15) is 0 Å². The summed E-state index contributed by atoms with van der Waals surface area (Å²) in [7, 11) is -7.16. The van der Waals surface area contributed by atoms with Crippen LogP contribution in [0.2, 0.25) is 0 Å². The number of allylic oxidation sites excluding steroid dienone is 3. The fourth-order valence-electron chi connectivity index (χ4n) is 3.35. The Labute approximate surface area is 180 Å². The Morgan fingerprint density at radius 1 is 1.20 bits per heavy atom. The van der Waals surface area contributed by atoms with Crippen molar-refractivity contribution in [3.8, 4) is 0 Å². The first-order valence-electron chi connectivity index (χ1n) is 10.1. The van der Waals surface area contributed by atoms with Crippen molar-refractivity contribution in [2.45, 2.75) is 51.9 Å². The van der Waals surface area contributed by atoms with Crippen molar-refractivity contribution in [2.75, 3.05) is 29.8 Å². The van der Waals surface area contributed by atoms with Gasteiger partial charge >= 0.3 is 0 Å². The SMILES string of the molecule is CCCC(C)=C(C=C(C)S(=O)(=O)c1ccc2c(c1)CCN2S(=O)(=O)CC)OCCO. The summed E-state index contributed by atoms with van der Waals surface area (Å²) in [5.41, 5.74) is 2.16. The first-order chi connectivity index (χ1) is 14.1. The molecule has 0 amide bonds. The van der Waals surface area contributed by atoms with E-state index in [-0.39, 0.29) is 28.8 Å². The molecule has 1 aromatic carbocycles. The summed E-state index contributed by atoms with van der Waals surface area (Å²) in [5.74, 6) is 0.447. The van der Waals surface area contributed by atoms with Crippen LogP contribution < -0.4 is 4.31 Å². The Morgan fingerprint density at radius 3 is 2.50 bits per heavy atom. The van der Waals surface area contributed by atoms with E-state index in [1.165, 1.54) is 23.4 Å². The predicted octanol–water partition coefficient (Wildman–Crippen LogP) is 3.16. The number of hydrogen-bond donors (Lipinski definition) is 1. The van der Waals surface area contributed by atoms with Gasteiger partial charge in [-0.3, -0.25) is 4.31 Å². The van der Waals surface area contributed by atoms with E-state index >= 15 is 0 Å². The lowest BCUT2D eigenvalue weighted by molar-refractivity contribution is 0.150. The number of anilines is 1. The summed E-state index contributed by atoms with van der Waals surface area (Å²) < 4.78 is 57.6. The number of aliphatic hydroxyl groups is 1. The minimum atomic E-state index is -3.77. The van der Waals surface area contributed by atoms with E-state index in [9.17, 15) is 16.8 Å². The highest BCUT2D eigenvalue weighted by atomic mass is 32.2. The smallest absolute Gasteiger partial charge is 0.234 e. The molecule has 1 aliphatic heterocycles. The Bertz CT molecular complexity index is 1040. The van der Waals surface area contributed by atoms with Gasteiger partial charge in [-0.25, -0.2) is 16.8 Å². The first kappa shape index (κ1) is 24.4. The second kappa shape index (κ2) is 9.98. The fraction of sp³-hybridized carbons (Fsp3) is 0.524. The van der Waals surface area contributed by atoms with Crippen LogP contribution in [-0.4, -0.2) is 47.5 Å². The highest BCUT2D eigenvalue weighted by Crippen LogP contribution is 2.34. The Hall–Kier alpha value is -1.84. The van der Waals surface area contributed by atoms with E-state index < -0.39 is 19.9 Å². The molecule has 0 aliphatic carbocycles. The van der Waals surface area contributed by atoms with Crippen LogP contribution in [0.25, 0.3) is 0 Å². The fourth-order valence-corrected chi connectivity index (χ4v) is 5.69.